The van der Waals surface area contributed by atoms with Crippen LogP contribution < -0.4 is 14.8 Å². The molecule has 0 aromatic heterocycles. The monoisotopic (exact) mass is 438 g/mol. The highest BCUT2D eigenvalue weighted by Gasteiger charge is 2.17. The summed E-state index contributed by atoms with van der Waals surface area (Å²) in [5, 5.41) is 2.79. The molecule has 1 heterocycles. The number of nitrogens with one attached hydrogen (secondary N) is 2. The summed E-state index contributed by atoms with van der Waals surface area (Å²) in [6, 6.07) is 12.4. The van der Waals surface area contributed by atoms with Gasteiger partial charge in [-0.3, -0.25) is 9.52 Å². The topological polar surface area (TPSA) is 84.5 Å². The highest BCUT2D eigenvalue weighted by atomic mass is 32.2. The zero-order chi connectivity index (χ0) is 20.1. The molecule has 6 nitrogen and oxygen atoms in total. The molecular weight excluding hydrogens is 416 g/mol. The van der Waals surface area contributed by atoms with Crippen molar-refractivity contribution in [2.45, 2.75) is 11.0 Å². The average Bonchev–Trinajstić information content (AvgIpc) is 2.68. The van der Waals surface area contributed by atoms with Crippen LogP contribution in [0.4, 0.5) is 11.4 Å². The number of sulfonamides is 1. The minimum atomic E-state index is -3.47. The van der Waals surface area contributed by atoms with Crippen molar-refractivity contribution in [1.82, 2.24) is 0 Å². The number of hydrogen-bond donors (Lipinski definition) is 2. The Labute approximate surface area is 173 Å². The molecule has 1 saturated heterocycles. The van der Waals surface area contributed by atoms with Gasteiger partial charge in [-0.2, -0.15) is 0 Å². The van der Waals surface area contributed by atoms with Gasteiger partial charge in [-0.25, -0.2) is 8.42 Å². The fourth-order valence-electron chi connectivity index (χ4n) is 2.74. The molecule has 1 amide bonds. The van der Waals surface area contributed by atoms with E-state index in [1.807, 2.05) is 47.8 Å². The Balaban J connectivity index is 1.72. The third-order valence-electron chi connectivity index (χ3n) is 4.02. The normalized spacial score (nSPS) is 15.1. The second-order valence-electron chi connectivity index (χ2n) is 6.29. The van der Waals surface area contributed by atoms with Crippen molar-refractivity contribution in [1.29, 1.82) is 0 Å². The quantitative estimate of drug-likeness (QED) is 0.704. The molecule has 9 heteroatoms. The third kappa shape index (κ3) is 5.59. The lowest BCUT2D eigenvalue weighted by Crippen LogP contribution is -2.14. The second kappa shape index (κ2) is 9.11. The van der Waals surface area contributed by atoms with Crippen LogP contribution in [-0.4, -0.2) is 39.2 Å². The molecule has 1 aliphatic rings. The summed E-state index contributed by atoms with van der Waals surface area (Å²) >= 11 is 3.87. The van der Waals surface area contributed by atoms with Gasteiger partial charge in [0.25, 0.3) is 5.91 Å². The largest absolute Gasteiger partial charge is 0.495 e. The molecule has 2 N–H and O–H groups in total. The van der Waals surface area contributed by atoms with Crippen LogP contribution in [0.1, 0.15) is 26.9 Å². The number of carbonyl (C=O) groups excluding carboxylic acids is 1. The Morgan fingerprint density at radius 2 is 1.79 bits per heavy atom. The van der Waals surface area contributed by atoms with E-state index in [2.05, 4.69) is 10.0 Å². The van der Waals surface area contributed by atoms with E-state index >= 15 is 0 Å². The van der Waals surface area contributed by atoms with Gasteiger partial charge in [0.2, 0.25) is 10.0 Å². The van der Waals surface area contributed by atoms with Crippen LogP contribution in [0.25, 0.3) is 0 Å². The van der Waals surface area contributed by atoms with E-state index in [9.17, 15) is 13.2 Å². The Hall–Kier alpha value is -1.84. The second-order valence-corrected chi connectivity index (χ2v) is 10.8. The van der Waals surface area contributed by atoms with Gasteiger partial charge in [-0.05, 0) is 53.8 Å². The van der Waals surface area contributed by atoms with Crippen molar-refractivity contribution in [3.63, 3.8) is 0 Å². The van der Waals surface area contributed by atoms with Gasteiger partial charge in [0.15, 0.2) is 0 Å². The molecular formula is C19H22N2O4S3. The lowest BCUT2D eigenvalue weighted by molar-refractivity contribution is 0.102. The number of amides is 1. The average molecular weight is 439 g/mol. The van der Waals surface area contributed by atoms with Gasteiger partial charge in [0, 0.05) is 11.3 Å². The van der Waals surface area contributed by atoms with E-state index in [4.69, 9.17) is 4.74 Å². The van der Waals surface area contributed by atoms with Gasteiger partial charge in [-0.1, -0.05) is 12.1 Å². The van der Waals surface area contributed by atoms with Gasteiger partial charge < -0.3 is 10.1 Å². The molecule has 0 atom stereocenters. The standard InChI is InChI=1S/C19H22N2O4S3/c1-25-17-9-8-15(12-16(17)21-28(2,23)24)20-18(22)13-4-6-14(7-5-13)19-26-10-3-11-27-19/h4-9,12,19,21H,3,10-11H2,1-2H3,(H,20,22). The zero-order valence-corrected chi connectivity index (χ0v) is 18.0. The van der Waals surface area contributed by atoms with E-state index in [0.29, 0.717) is 21.6 Å². The maximum atomic E-state index is 12.6. The minimum absolute atomic E-state index is 0.258. The Morgan fingerprint density at radius 3 is 2.39 bits per heavy atom. The van der Waals surface area contributed by atoms with Crippen molar-refractivity contribution in [2.75, 3.05) is 34.9 Å². The molecule has 0 saturated carbocycles. The van der Waals surface area contributed by atoms with Crippen molar-refractivity contribution in [3.05, 3.63) is 53.6 Å². The number of ether oxygens (including phenoxy) is 1. The van der Waals surface area contributed by atoms with Gasteiger partial charge >= 0.3 is 0 Å². The maximum absolute atomic E-state index is 12.6. The summed E-state index contributed by atoms with van der Waals surface area (Å²) in [6.07, 6.45) is 2.30. The van der Waals surface area contributed by atoms with Crippen LogP contribution in [0.5, 0.6) is 5.75 Å². The van der Waals surface area contributed by atoms with Crippen molar-refractivity contribution in [2.24, 2.45) is 0 Å². The molecule has 1 fully saturated rings. The highest BCUT2D eigenvalue weighted by Crippen LogP contribution is 2.43. The summed E-state index contributed by atoms with van der Waals surface area (Å²) in [5.74, 6) is 2.45. The number of thioether (sulfide) groups is 2. The Morgan fingerprint density at radius 1 is 1.11 bits per heavy atom. The Kier molecular flexibility index (Phi) is 6.79. The lowest BCUT2D eigenvalue weighted by Gasteiger charge is -2.21. The van der Waals surface area contributed by atoms with Crippen LogP contribution in [0.3, 0.4) is 0 Å². The molecule has 0 spiro atoms. The maximum Gasteiger partial charge on any atom is 0.255 e. The molecule has 150 valence electrons. The number of benzene rings is 2. The van der Waals surface area contributed by atoms with E-state index in [0.717, 1.165) is 6.26 Å². The summed E-state index contributed by atoms with van der Waals surface area (Å²) in [4.78, 5) is 12.6. The number of carbonyl (C=O) groups is 1. The van der Waals surface area contributed by atoms with E-state index in [-0.39, 0.29) is 11.6 Å². The summed E-state index contributed by atoms with van der Waals surface area (Å²) in [6.45, 7) is 0. The van der Waals surface area contributed by atoms with Crippen molar-refractivity contribution < 1.29 is 17.9 Å². The smallest absolute Gasteiger partial charge is 0.255 e. The molecule has 0 bridgehead atoms. The van der Waals surface area contributed by atoms with Crippen molar-refractivity contribution in [3.8, 4) is 5.75 Å². The van der Waals surface area contributed by atoms with Crippen LogP contribution >= 0.6 is 23.5 Å². The van der Waals surface area contributed by atoms with Crippen LogP contribution in [0.2, 0.25) is 0 Å². The van der Waals surface area contributed by atoms with Crippen LogP contribution in [0, 0.1) is 0 Å². The number of anilines is 2. The van der Waals surface area contributed by atoms with E-state index < -0.39 is 10.0 Å². The predicted octanol–water partition coefficient (Wildman–Crippen LogP) is 4.19. The number of hydrogen-bond acceptors (Lipinski definition) is 6. The van der Waals surface area contributed by atoms with E-state index in [1.54, 1.807) is 12.1 Å². The highest BCUT2D eigenvalue weighted by molar-refractivity contribution is 8.16. The third-order valence-corrected chi connectivity index (χ3v) is 7.63. The molecule has 0 radical (unpaired) electrons. The summed E-state index contributed by atoms with van der Waals surface area (Å²) in [7, 11) is -2.02. The zero-order valence-electron chi connectivity index (χ0n) is 15.6. The first-order chi connectivity index (χ1) is 13.4. The van der Waals surface area contributed by atoms with E-state index in [1.165, 1.54) is 36.7 Å². The molecule has 0 unspecified atom stereocenters. The SMILES string of the molecule is COc1ccc(NC(=O)c2ccc(C3SCCCS3)cc2)cc1NS(C)(=O)=O. The molecule has 28 heavy (non-hydrogen) atoms. The van der Waals surface area contributed by atoms with Crippen molar-refractivity contribution >= 4 is 50.8 Å². The van der Waals surface area contributed by atoms with Crippen LogP contribution in [0.15, 0.2) is 42.5 Å². The minimum Gasteiger partial charge on any atom is -0.495 e. The molecule has 2 aromatic carbocycles. The Bertz CT molecular complexity index is 940. The molecule has 2 aromatic rings. The lowest BCUT2D eigenvalue weighted by atomic mass is 10.1. The van der Waals surface area contributed by atoms with Crippen LogP contribution in [-0.2, 0) is 10.0 Å². The number of rotatable bonds is 6. The fourth-order valence-corrected chi connectivity index (χ4v) is 6.19. The first-order valence-electron chi connectivity index (χ1n) is 8.66. The van der Waals surface area contributed by atoms with Gasteiger partial charge in [0.1, 0.15) is 5.75 Å². The fraction of sp³-hybridized carbons (Fsp3) is 0.316. The summed E-state index contributed by atoms with van der Waals surface area (Å²) in [5.41, 5.74) is 2.50. The predicted molar refractivity (Wildman–Crippen MR) is 118 cm³/mol. The molecule has 1 aliphatic heterocycles. The summed E-state index contributed by atoms with van der Waals surface area (Å²) < 4.78 is 31.0. The van der Waals surface area contributed by atoms with Gasteiger partial charge in [-0.15, -0.1) is 23.5 Å². The number of methoxy groups -OCH3 is 1. The molecule has 3 rings (SSSR count). The first kappa shape index (κ1) is 20.9. The first-order valence-corrected chi connectivity index (χ1v) is 12.6. The molecule has 0 aliphatic carbocycles. The van der Waals surface area contributed by atoms with Gasteiger partial charge in [0.05, 0.1) is 23.6 Å².